The Balaban J connectivity index is 1.19. The average Bonchev–Trinajstić information content (AvgIpc) is 3.60. The zero-order valence-corrected chi connectivity index (χ0v) is 36.0. The molecule has 1 amide bonds. The summed E-state index contributed by atoms with van der Waals surface area (Å²) < 4.78 is 11.9. The molecular formula is C47H67N5O7. The van der Waals surface area contributed by atoms with E-state index < -0.39 is 30.4 Å². The van der Waals surface area contributed by atoms with Crippen LogP contribution < -0.4 is 20.3 Å². The number of morpholine rings is 1. The van der Waals surface area contributed by atoms with Crippen LogP contribution in [0, 0.1) is 29.1 Å². The van der Waals surface area contributed by atoms with Crippen LogP contribution in [0.5, 0.6) is 5.75 Å². The van der Waals surface area contributed by atoms with Crippen LogP contribution in [0.4, 0.5) is 5.69 Å². The minimum Gasteiger partial charge on any atom is -0.496 e. The van der Waals surface area contributed by atoms with Crippen LogP contribution in [0.2, 0.25) is 0 Å². The highest BCUT2D eigenvalue weighted by Crippen LogP contribution is 2.61. The van der Waals surface area contributed by atoms with Crippen molar-refractivity contribution in [3.05, 3.63) is 83.4 Å². The summed E-state index contributed by atoms with van der Waals surface area (Å²) in [4.78, 5) is 25.0. The van der Waals surface area contributed by atoms with E-state index in [9.17, 15) is 20.1 Å². The third-order valence-corrected chi connectivity index (χ3v) is 14.0. The first kappa shape index (κ1) is 43.5. The lowest BCUT2D eigenvalue weighted by molar-refractivity contribution is -0.195. The number of anilines is 1. The van der Waals surface area contributed by atoms with Gasteiger partial charge in [0.05, 0.1) is 45.6 Å². The van der Waals surface area contributed by atoms with Gasteiger partial charge in [-0.25, -0.2) is 0 Å². The molecule has 3 aromatic rings. The number of hydrogen-bond acceptors (Lipinski definition) is 11. The molecule has 5 N–H and O–H groups in total. The topological polar surface area (TPSA) is 139 Å². The minimum absolute atomic E-state index is 0.112. The van der Waals surface area contributed by atoms with Gasteiger partial charge in [-0.2, -0.15) is 5.06 Å². The number of fused-ring (bicyclic) bond motifs is 2. The Kier molecular flexibility index (Phi) is 13.7. The second-order valence-corrected chi connectivity index (χ2v) is 18.4. The Bertz CT molecular complexity index is 1870. The maximum Gasteiger partial charge on any atom is 0.251 e. The van der Waals surface area contributed by atoms with Gasteiger partial charge in [-0.3, -0.25) is 14.9 Å². The van der Waals surface area contributed by atoms with Crippen molar-refractivity contribution in [3.63, 3.8) is 0 Å². The van der Waals surface area contributed by atoms with Gasteiger partial charge in [0.25, 0.3) is 5.91 Å². The number of para-hydroxylation sites is 1. The molecule has 0 radical (unpaired) electrons. The van der Waals surface area contributed by atoms with Crippen LogP contribution in [-0.2, 0) is 22.5 Å². The maximum absolute atomic E-state index is 14.3. The molecule has 10 atom stereocenters. The van der Waals surface area contributed by atoms with E-state index in [2.05, 4.69) is 59.4 Å². The van der Waals surface area contributed by atoms with Crippen molar-refractivity contribution in [2.24, 2.45) is 29.1 Å². The Labute approximate surface area is 350 Å². The molecule has 12 nitrogen and oxygen atoms in total. The largest absolute Gasteiger partial charge is 0.496 e. The molecular weight excluding hydrogens is 747 g/mol. The minimum atomic E-state index is -1.02. The van der Waals surface area contributed by atoms with Gasteiger partial charge in [0, 0.05) is 60.0 Å². The van der Waals surface area contributed by atoms with Gasteiger partial charge in [0.2, 0.25) is 0 Å². The SMILES string of the molecule is COc1c(CN2O[C@@H](CO)[C@@H]([C@H](C)O)[C@H]2C(O)N[C@H]2C[C@H]3C[C@@H]([C@@H]2C)C3(C)C)cccc1-c1cc(C(=O)N[C@@H](Cc2ccccc2)CN(C)C)cc(N2CCOCC2)c1. The molecule has 3 aliphatic carbocycles. The molecule has 0 spiro atoms. The van der Waals surface area contributed by atoms with Crippen molar-refractivity contribution < 1.29 is 34.4 Å². The number of amides is 1. The highest BCUT2D eigenvalue weighted by Gasteiger charge is 2.57. The van der Waals surface area contributed by atoms with Crippen LogP contribution in [0.1, 0.15) is 62.0 Å². The van der Waals surface area contributed by atoms with Crippen molar-refractivity contribution in [1.29, 1.82) is 0 Å². The summed E-state index contributed by atoms with van der Waals surface area (Å²) in [6.45, 7) is 11.9. The van der Waals surface area contributed by atoms with Gasteiger partial charge in [0.1, 0.15) is 18.1 Å². The summed E-state index contributed by atoms with van der Waals surface area (Å²) >= 11 is 0. The van der Waals surface area contributed by atoms with Gasteiger partial charge >= 0.3 is 0 Å². The van der Waals surface area contributed by atoms with E-state index in [4.69, 9.17) is 14.3 Å². The molecule has 2 aliphatic heterocycles. The Hall–Kier alpha value is -3.59. The number of ether oxygens (including phenoxy) is 2. The first-order valence-corrected chi connectivity index (χ1v) is 21.6. The lowest BCUT2D eigenvalue weighted by Gasteiger charge is -2.62. The third kappa shape index (κ3) is 9.35. The number of likely N-dealkylation sites (N-methyl/N-ethyl adjacent to an activating group) is 1. The van der Waals surface area contributed by atoms with Crippen LogP contribution in [0.25, 0.3) is 11.1 Å². The lowest BCUT2D eigenvalue weighted by Crippen LogP contribution is -2.63. The maximum atomic E-state index is 14.3. The molecule has 322 valence electrons. The van der Waals surface area contributed by atoms with Gasteiger partial charge in [-0.15, -0.1) is 0 Å². The fourth-order valence-corrected chi connectivity index (χ4v) is 10.7. The highest BCUT2D eigenvalue weighted by atomic mass is 16.7. The fourth-order valence-electron chi connectivity index (χ4n) is 10.7. The summed E-state index contributed by atoms with van der Waals surface area (Å²) in [6, 6.07) is 21.5. The second kappa shape index (κ2) is 18.6. The molecule has 3 aromatic carbocycles. The van der Waals surface area contributed by atoms with Crippen molar-refractivity contribution >= 4 is 11.6 Å². The smallest absolute Gasteiger partial charge is 0.251 e. The summed E-state index contributed by atoms with van der Waals surface area (Å²) in [6.07, 6.45) is 0.352. The molecule has 3 saturated carbocycles. The van der Waals surface area contributed by atoms with E-state index in [-0.39, 0.29) is 31.1 Å². The molecule has 5 fully saturated rings. The normalized spacial score (nSPS) is 28.2. The van der Waals surface area contributed by atoms with E-state index in [1.54, 1.807) is 19.1 Å². The average molecular weight is 814 g/mol. The number of aliphatic hydroxyl groups is 3. The molecule has 0 aromatic heterocycles. The summed E-state index contributed by atoms with van der Waals surface area (Å²) in [5.74, 6) is 1.50. The Morgan fingerprint density at radius 1 is 1.03 bits per heavy atom. The van der Waals surface area contributed by atoms with Gasteiger partial charge in [-0.05, 0) is 92.8 Å². The monoisotopic (exact) mass is 814 g/mol. The number of rotatable bonds is 16. The summed E-state index contributed by atoms with van der Waals surface area (Å²) in [7, 11) is 5.67. The zero-order valence-electron chi connectivity index (χ0n) is 36.0. The zero-order chi connectivity index (χ0) is 42.0. The van der Waals surface area contributed by atoms with E-state index in [1.807, 2.05) is 62.6 Å². The van der Waals surface area contributed by atoms with Crippen LogP contribution in [0.3, 0.4) is 0 Å². The molecule has 8 rings (SSSR count). The second-order valence-electron chi connectivity index (χ2n) is 18.4. The summed E-state index contributed by atoms with van der Waals surface area (Å²) in [5.41, 5.74) is 5.38. The molecule has 2 bridgehead atoms. The number of carbonyl (C=O) groups excluding carboxylic acids is 1. The standard InChI is InChI=1S/C47H67N5O7/c1-29-39-24-35(47(39,3)4)25-40(29)49-46(56)43-42(30(2)54)41(28-53)59-52(43)26-32-14-11-15-38(44(32)57-7)33-21-34(23-37(22-33)51-16-18-58-19-17-51)45(55)48-36(27-50(5)6)20-31-12-9-8-10-13-31/h8-15,21-23,29-30,35-36,39-43,46,49,53-54,56H,16-20,24-28H2,1-7H3,(H,48,55)/t29-,30-,35+,36-,39-,40-,41-,42+,43-,46?/m0/s1. The van der Waals surface area contributed by atoms with Crippen molar-refractivity contribution in [1.82, 2.24) is 20.6 Å². The van der Waals surface area contributed by atoms with Gasteiger partial charge in [-0.1, -0.05) is 69.3 Å². The number of nitrogens with zero attached hydrogens (tertiary/aromatic N) is 3. The quantitative estimate of drug-likeness (QED) is 0.130. The van der Waals surface area contributed by atoms with E-state index in [0.717, 1.165) is 34.4 Å². The lowest BCUT2D eigenvalue weighted by atomic mass is 9.44. The number of methoxy groups -OCH3 is 1. The van der Waals surface area contributed by atoms with Crippen molar-refractivity contribution in [2.45, 2.75) is 90.1 Å². The molecule has 5 aliphatic rings. The number of hydrogen-bond donors (Lipinski definition) is 5. The van der Waals surface area contributed by atoms with E-state index in [0.29, 0.717) is 73.8 Å². The van der Waals surface area contributed by atoms with Gasteiger partial charge in [0.15, 0.2) is 0 Å². The van der Waals surface area contributed by atoms with Crippen LogP contribution >= 0.6 is 0 Å². The molecule has 2 heterocycles. The molecule has 59 heavy (non-hydrogen) atoms. The Morgan fingerprint density at radius 3 is 2.42 bits per heavy atom. The van der Waals surface area contributed by atoms with Crippen LogP contribution in [0.15, 0.2) is 66.7 Å². The molecule has 12 heteroatoms. The number of hydroxylamine groups is 2. The molecule has 2 saturated heterocycles. The fraction of sp³-hybridized carbons (Fsp3) is 0.596. The first-order chi connectivity index (χ1) is 28.3. The van der Waals surface area contributed by atoms with Crippen LogP contribution in [-0.4, -0.2) is 128 Å². The third-order valence-electron chi connectivity index (χ3n) is 14.0. The van der Waals surface area contributed by atoms with Gasteiger partial charge < -0.3 is 39.9 Å². The van der Waals surface area contributed by atoms with Crippen molar-refractivity contribution in [3.8, 4) is 16.9 Å². The number of carbonyl (C=O) groups is 1. The molecule has 1 unspecified atom stereocenters. The Morgan fingerprint density at radius 2 is 1.78 bits per heavy atom. The van der Waals surface area contributed by atoms with E-state index >= 15 is 0 Å². The van der Waals surface area contributed by atoms with Crippen molar-refractivity contribution in [2.75, 3.05) is 65.6 Å². The van der Waals surface area contributed by atoms with E-state index in [1.165, 1.54) is 6.42 Å². The number of nitrogens with one attached hydrogen (secondary N) is 2. The summed E-state index contributed by atoms with van der Waals surface area (Å²) in [5, 5.41) is 42.2. The predicted octanol–water partition coefficient (Wildman–Crippen LogP) is 4.55. The highest BCUT2D eigenvalue weighted by molar-refractivity contribution is 5.97. The number of aliphatic hydroxyl groups excluding tert-OH is 3. The predicted molar refractivity (Wildman–Crippen MR) is 230 cm³/mol. The number of benzene rings is 3. The first-order valence-electron chi connectivity index (χ1n) is 21.6.